The van der Waals surface area contributed by atoms with Gasteiger partial charge in [0.2, 0.25) is 0 Å². The van der Waals surface area contributed by atoms with Crippen molar-refractivity contribution < 1.29 is 9.84 Å². The van der Waals surface area contributed by atoms with E-state index in [1.54, 1.807) is 26.4 Å². The highest BCUT2D eigenvalue weighted by molar-refractivity contribution is 5.87. The van der Waals surface area contributed by atoms with Crippen LogP contribution in [-0.4, -0.2) is 25.5 Å². The number of phenolic OH excluding ortho intramolecular Hbond substituents is 1. The number of ether oxygens (including phenoxy) is 1. The highest BCUT2D eigenvalue weighted by Crippen LogP contribution is 2.27. The van der Waals surface area contributed by atoms with E-state index in [0.717, 1.165) is 5.56 Å². The van der Waals surface area contributed by atoms with Crippen LogP contribution in [0.5, 0.6) is 11.5 Å². The van der Waals surface area contributed by atoms with Gasteiger partial charge >= 0.3 is 0 Å². The lowest BCUT2D eigenvalue weighted by atomic mass is 10.1. The van der Waals surface area contributed by atoms with Gasteiger partial charge in [-0.1, -0.05) is 0 Å². The molecule has 0 amide bonds. The maximum Gasteiger partial charge on any atom is 0.131 e. The molecule has 1 aromatic carbocycles. The number of aliphatic imine (C=N–C) groups is 1. The Bertz CT molecular complexity index is 332. The molecule has 0 unspecified atom stereocenters. The molecule has 1 aromatic rings. The summed E-state index contributed by atoms with van der Waals surface area (Å²) in [5.74, 6) is 0.838. The monoisotopic (exact) mass is 179 g/mol. The van der Waals surface area contributed by atoms with E-state index < -0.39 is 0 Å². The number of phenols is 1. The van der Waals surface area contributed by atoms with Crippen molar-refractivity contribution in [2.24, 2.45) is 4.99 Å². The summed E-state index contributed by atoms with van der Waals surface area (Å²) in [5, 5.41) is 9.56. The molecule has 0 aliphatic carbocycles. The molecule has 1 rings (SSSR count). The molecule has 3 nitrogen and oxygen atoms in total. The summed E-state index contributed by atoms with van der Waals surface area (Å²) in [7, 11) is 3.22. The number of aryl methyl sites for hydroxylation is 1. The van der Waals surface area contributed by atoms with Crippen LogP contribution in [0.3, 0.4) is 0 Å². The van der Waals surface area contributed by atoms with Crippen molar-refractivity contribution in [1.29, 1.82) is 0 Å². The van der Waals surface area contributed by atoms with Crippen molar-refractivity contribution in [2.45, 2.75) is 6.92 Å². The average Bonchev–Trinajstić information content (AvgIpc) is 2.09. The van der Waals surface area contributed by atoms with E-state index in [4.69, 9.17) is 4.74 Å². The second kappa shape index (κ2) is 3.94. The fraction of sp³-hybridized carbons (Fsp3) is 0.300. The zero-order valence-electron chi connectivity index (χ0n) is 8.03. The molecule has 0 aliphatic rings. The Hall–Kier alpha value is -1.51. The topological polar surface area (TPSA) is 41.8 Å². The van der Waals surface area contributed by atoms with E-state index in [1.165, 1.54) is 0 Å². The lowest BCUT2D eigenvalue weighted by Crippen LogP contribution is -1.92. The number of rotatable bonds is 2. The molecule has 0 spiro atoms. The number of hydrogen-bond acceptors (Lipinski definition) is 3. The van der Waals surface area contributed by atoms with Crippen LogP contribution in [-0.2, 0) is 0 Å². The molecule has 0 fully saturated rings. The minimum atomic E-state index is 0.197. The number of aromatic hydroxyl groups is 1. The number of benzene rings is 1. The van der Waals surface area contributed by atoms with Gasteiger partial charge in [-0.05, 0) is 24.6 Å². The first kappa shape index (κ1) is 9.58. The van der Waals surface area contributed by atoms with Crippen molar-refractivity contribution in [3.63, 3.8) is 0 Å². The molecule has 0 saturated carbocycles. The Balaban J connectivity index is 3.29. The second-order valence-electron chi connectivity index (χ2n) is 2.79. The van der Waals surface area contributed by atoms with Gasteiger partial charge in [0.25, 0.3) is 0 Å². The van der Waals surface area contributed by atoms with E-state index in [-0.39, 0.29) is 5.75 Å². The molecule has 0 heterocycles. The quantitative estimate of drug-likeness (QED) is 0.703. The Kier molecular flexibility index (Phi) is 2.90. The first-order chi connectivity index (χ1) is 6.19. The molecule has 13 heavy (non-hydrogen) atoms. The predicted molar refractivity (Wildman–Crippen MR) is 52.9 cm³/mol. The lowest BCUT2D eigenvalue weighted by molar-refractivity contribution is 0.406. The maximum absolute atomic E-state index is 9.56. The highest BCUT2D eigenvalue weighted by atomic mass is 16.5. The van der Waals surface area contributed by atoms with Crippen molar-refractivity contribution in [3.05, 3.63) is 23.3 Å². The van der Waals surface area contributed by atoms with Crippen LogP contribution in [0.15, 0.2) is 17.1 Å². The van der Waals surface area contributed by atoms with Gasteiger partial charge < -0.3 is 9.84 Å². The zero-order valence-corrected chi connectivity index (χ0v) is 8.03. The first-order valence-electron chi connectivity index (χ1n) is 3.98. The van der Waals surface area contributed by atoms with Crippen LogP contribution in [0.2, 0.25) is 0 Å². The van der Waals surface area contributed by atoms with Gasteiger partial charge in [0.1, 0.15) is 11.5 Å². The van der Waals surface area contributed by atoms with Gasteiger partial charge in [-0.15, -0.1) is 0 Å². The Labute approximate surface area is 77.7 Å². The van der Waals surface area contributed by atoms with E-state index in [9.17, 15) is 5.11 Å². The highest BCUT2D eigenvalue weighted by Gasteiger charge is 2.06. The number of hydrogen-bond donors (Lipinski definition) is 1. The molecule has 0 bridgehead atoms. The Morgan fingerprint density at radius 1 is 1.46 bits per heavy atom. The lowest BCUT2D eigenvalue weighted by Gasteiger charge is -2.07. The molecular weight excluding hydrogens is 166 g/mol. The minimum absolute atomic E-state index is 0.197. The van der Waals surface area contributed by atoms with Crippen LogP contribution in [0.25, 0.3) is 0 Å². The predicted octanol–water partition coefficient (Wildman–Crippen LogP) is 1.76. The summed E-state index contributed by atoms with van der Waals surface area (Å²) in [6.45, 7) is 1.90. The second-order valence-corrected chi connectivity index (χ2v) is 2.79. The standard InChI is InChI=1S/C10H13NO2/c1-7-4-9(12)8(6-11-2)10(5-7)13-3/h4-6,12H,1-3H3. The van der Waals surface area contributed by atoms with Crippen molar-refractivity contribution >= 4 is 6.21 Å². The summed E-state index contributed by atoms with van der Waals surface area (Å²) < 4.78 is 5.11. The first-order valence-corrected chi connectivity index (χ1v) is 3.98. The molecular formula is C10H13NO2. The van der Waals surface area contributed by atoms with Crippen LogP contribution >= 0.6 is 0 Å². The summed E-state index contributed by atoms with van der Waals surface area (Å²) in [6.07, 6.45) is 1.58. The third-order valence-corrected chi connectivity index (χ3v) is 1.74. The number of methoxy groups -OCH3 is 1. The smallest absolute Gasteiger partial charge is 0.131 e. The van der Waals surface area contributed by atoms with E-state index in [2.05, 4.69) is 4.99 Å². The third-order valence-electron chi connectivity index (χ3n) is 1.74. The van der Waals surface area contributed by atoms with Gasteiger partial charge in [-0.2, -0.15) is 0 Å². The van der Waals surface area contributed by atoms with Crippen LogP contribution in [0, 0.1) is 6.92 Å². The van der Waals surface area contributed by atoms with Gasteiger partial charge in [0, 0.05) is 13.3 Å². The molecule has 3 heteroatoms. The van der Waals surface area contributed by atoms with Crippen LogP contribution in [0.4, 0.5) is 0 Å². The van der Waals surface area contributed by atoms with Crippen molar-refractivity contribution in [1.82, 2.24) is 0 Å². The molecule has 0 aromatic heterocycles. The van der Waals surface area contributed by atoms with Crippen molar-refractivity contribution in [2.75, 3.05) is 14.2 Å². The summed E-state index contributed by atoms with van der Waals surface area (Å²) in [6, 6.07) is 3.54. The van der Waals surface area contributed by atoms with Gasteiger partial charge in [0.15, 0.2) is 0 Å². The molecule has 70 valence electrons. The molecule has 0 aliphatic heterocycles. The molecule has 1 N–H and O–H groups in total. The summed E-state index contributed by atoms with van der Waals surface area (Å²) in [5.41, 5.74) is 1.58. The van der Waals surface area contributed by atoms with E-state index >= 15 is 0 Å². The van der Waals surface area contributed by atoms with Crippen molar-refractivity contribution in [3.8, 4) is 11.5 Å². The van der Waals surface area contributed by atoms with Gasteiger partial charge in [0.05, 0.1) is 12.7 Å². The summed E-state index contributed by atoms with van der Waals surface area (Å²) >= 11 is 0. The van der Waals surface area contributed by atoms with Crippen LogP contribution < -0.4 is 4.74 Å². The third kappa shape index (κ3) is 1.99. The summed E-state index contributed by atoms with van der Waals surface area (Å²) in [4.78, 5) is 3.84. The Morgan fingerprint density at radius 2 is 2.15 bits per heavy atom. The Morgan fingerprint density at radius 3 is 2.69 bits per heavy atom. The molecule has 0 atom stereocenters. The minimum Gasteiger partial charge on any atom is -0.507 e. The van der Waals surface area contributed by atoms with Gasteiger partial charge in [-0.25, -0.2) is 0 Å². The SMILES string of the molecule is CN=Cc1c(O)cc(C)cc1OC. The number of nitrogens with zero attached hydrogens (tertiary/aromatic N) is 1. The molecule has 0 radical (unpaired) electrons. The van der Waals surface area contributed by atoms with E-state index in [0.29, 0.717) is 11.3 Å². The normalized spacial score (nSPS) is 10.7. The largest absolute Gasteiger partial charge is 0.507 e. The fourth-order valence-corrected chi connectivity index (χ4v) is 1.17. The average molecular weight is 179 g/mol. The fourth-order valence-electron chi connectivity index (χ4n) is 1.17. The zero-order chi connectivity index (χ0) is 9.84. The van der Waals surface area contributed by atoms with E-state index in [1.807, 2.05) is 13.0 Å². The molecule has 0 saturated heterocycles. The van der Waals surface area contributed by atoms with Crippen LogP contribution in [0.1, 0.15) is 11.1 Å². The van der Waals surface area contributed by atoms with Gasteiger partial charge in [-0.3, -0.25) is 4.99 Å². The maximum atomic E-state index is 9.56.